The molecule has 0 aromatic carbocycles. The minimum absolute atomic E-state index is 0.113. The van der Waals surface area contributed by atoms with Crippen LogP contribution in [0, 0.1) is 0 Å². The molecule has 0 amide bonds. The Labute approximate surface area is 499 Å². The van der Waals surface area contributed by atoms with Gasteiger partial charge in [0.2, 0.25) is 0 Å². The second-order valence-electron chi connectivity index (χ2n) is 21.6. The molecule has 0 N–H and O–H groups in total. The van der Waals surface area contributed by atoms with Gasteiger partial charge in [-0.05, 0) is 122 Å². The van der Waals surface area contributed by atoms with Gasteiger partial charge < -0.3 is 14.2 Å². The molecule has 6 nitrogen and oxygen atoms in total. The Kier molecular flexibility index (Phi) is 63.9. The summed E-state index contributed by atoms with van der Waals surface area (Å²) in [7, 11) is 0. The molecular formula is C75H122O6. The molecule has 0 bridgehead atoms. The molecule has 81 heavy (non-hydrogen) atoms. The second kappa shape index (κ2) is 67.8. The number of hydrogen-bond acceptors (Lipinski definition) is 6. The lowest BCUT2D eigenvalue weighted by Gasteiger charge is -2.18. The molecule has 0 radical (unpaired) electrons. The van der Waals surface area contributed by atoms with E-state index in [1.54, 1.807) is 0 Å². The van der Waals surface area contributed by atoms with E-state index in [1.807, 2.05) is 6.08 Å². The highest BCUT2D eigenvalue weighted by Gasteiger charge is 2.19. The first-order valence-electron chi connectivity index (χ1n) is 33.3. The number of rotatable bonds is 59. The molecule has 6 heteroatoms. The fourth-order valence-electron chi connectivity index (χ4n) is 8.89. The van der Waals surface area contributed by atoms with Gasteiger partial charge in [-0.15, -0.1) is 0 Å². The van der Waals surface area contributed by atoms with Gasteiger partial charge in [-0.2, -0.15) is 0 Å². The topological polar surface area (TPSA) is 78.9 Å². The molecule has 0 aromatic heterocycles. The first-order valence-corrected chi connectivity index (χ1v) is 33.3. The Morgan fingerprint density at radius 2 is 0.506 bits per heavy atom. The number of ether oxygens (including phenoxy) is 3. The normalized spacial score (nSPS) is 13.1. The van der Waals surface area contributed by atoms with Crippen LogP contribution < -0.4 is 0 Å². The lowest BCUT2D eigenvalue weighted by atomic mass is 10.0. The molecule has 0 fully saturated rings. The van der Waals surface area contributed by atoms with Crippen molar-refractivity contribution in [2.45, 2.75) is 297 Å². The van der Waals surface area contributed by atoms with Crippen molar-refractivity contribution in [3.8, 4) is 0 Å². The van der Waals surface area contributed by atoms with Crippen molar-refractivity contribution < 1.29 is 28.6 Å². The van der Waals surface area contributed by atoms with E-state index in [2.05, 4.69) is 161 Å². The molecule has 458 valence electrons. The summed E-state index contributed by atoms with van der Waals surface area (Å²) in [5.74, 6) is -1.01. The van der Waals surface area contributed by atoms with Crippen molar-refractivity contribution in [3.63, 3.8) is 0 Å². The molecule has 0 heterocycles. The maximum Gasteiger partial charge on any atom is 0.306 e. The number of esters is 3. The molecule has 1 atom stereocenters. The van der Waals surface area contributed by atoms with Crippen LogP contribution >= 0.6 is 0 Å². The molecular weight excluding hydrogens is 997 g/mol. The van der Waals surface area contributed by atoms with Gasteiger partial charge in [-0.1, -0.05) is 295 Å². The van der Waals surface area contributed by atoms with Crippen LogP contribution in [0.15, 0.2) is 146 Å². The molecule has 0 aliphatic heterocycles. The average molecular weight is 1120 g/mol. The molecule has 0 aliphatic carbocycles. The number of unbranched alkanes of at least 4 members (excludes halogenated alkanes) is 24. The fraction of sp³-hybridized carbons (Fsp3) is 0.640. The van der Waals surface area contributed by atoms with Crippen molar-refractivity contribution in [2.75, 3.05) is 13.2 Å². The first-order chi connectivity index (χ1) is 40.0. The predicted molar refractivity (Wildman–Crippen MR) is 352 cm³/mol. The average Bonchev–Trinajstić information content (AvgIpc) is 3.47. The smallest absolute Gasteiger partial charge is 0.306 e. The van der Waals surface area contributed by atoms with Gasteiger partial charge in [0.25, 0.3) is 0 Å². The van der Waals surface area contributed by atoms with Crippen LogP contribution in [0.3, 0.4) is 0 Å². The number of hydrogen-bond donors (Lipinski definition) is 0. The van der Waals surface area contributed by atoms with Gasteiger partial charge in [-0.3, -0.25) is 14.4 Å². The quantitative estimate of drug-likeness (QED) is 0.0261. The van der Waals surface area contributed by atoms with E-state index in [4.69, 9.17) is 14.2 Å². The van der Waals surface area contributed by atoms with Crippen LogP contribution in [0.1, 0.15) is 290 Å². The van der Waals surface area contributed by atoms with E-state index >= 15 is 0 Å². The molecule has 0 saturated heterocycles. The van der Waals surface area contributed by atoms with E-state index < -0.39 is 12.1 Å². The minimum Gasteiger partial charge on any atom is -0.462 e. The monoisotopic (exact) mass is 1120 g/mol. The van der Waals surface area contributed by atoms with E-state index in [0.29, 0.717) is 19.3 Å². The summed E-state index contributed by atoms with van der Waals surface area (Å²) in [6.07, 6.45) is 97.5. The zero-order valence-corrected chi connectivity index (χ0v) is 52.5. The summed E-state index contributed by atoms with van der Waals surface area (Å²) >= 11 is 0. The Morgan fingerprint density at radius 1 is 0.259 bits per heavy atom. The van der Waals surface area contributed by atoms with Gasteiger partial charge in [0.1, 0.15) is 13.2 Å². The van der Waals surface area contributed by atoms with Crippen LogP contribution in [-0.2, 0) is 28.6 Å². The van der Waals surface area contributed by atoms with Gasteiger partial charge in [0, 0.05) is 19.3 Å². The third-order valence-corrected chi connectivity index (χ3v) is 13.8. The van der Waals surface area contributed by atoms with Crippen molar-refractivity contribution in [1.29, 1.82) is 0 Å². The van der Waals surface area contributed by atoms with Crippen LogP contribution in [0.2, 0.25) is 0 Å². The number of carbonyl (C=O) groups excluding carboxylic acids is 3. The Bertz CT molecular complexity index is 1760. The molecule has 0 rings (SSSR count). The van der Waals surface area contributed by atoms with Crippen molar-refractivity contribution >= 4 is 17.9 Å². The SMILES string of the molecule is CC/C=C\C/C=C\C/C=C\C/C=C\C/C=C\C/C=C\CCC(=O)OC(COC(=O)CCCCCCC/C=C\CCCC)COC(=O)CCCCCCCCCCCCCCCCCCC/C=C\C/C=C\C/C=C\C/C=C\C/C=C\CC. The zero-order chi connectivity index (χ0) is 58.5. The summed E-state index contributed by atoms with van der Waals surface area (Å²) < 4.78 is 16.8. The largest absolute Gasteiger partial charge is 0.462 e. The minimum atomic E-state index is -0.826. The lowest BCUT2D eigenvalue weighted by Crippen LogP contribution is -2.30. The van der Waals surface area contributed by atoms with Crippen LogP contribution in [0.4, 0.5) is 0 Å². The summed E-state index contributed by atoms with van der Waals surface area (Å²) in [5, 5.41) is 0. The highest BCUT2D eigenvalue weighted by atomic mass is 16.6. The van der Waals surface area contributed by atoms with Crippen molar-refractivity contribution in [3.05, 3.63) is 146 Å². The van der Waals surface area contributed by atoms with Crippen LogP contribution in [0.25, 0.3) is 0 Å². The lowest BCUT2D eigenvalue weighted by molar-refractivity contribution is -0.166. The molecule has 1 unspecified atom stereocenters. The number of carbonyl (C=O) groups is 3. The summed E-state index contributed by atoms with van der Waals surface area (Å²) in [6, 6.07) is 0. The van der Waals surface area contributed by atoms with Crippen molar-refractivity contribution in [2.24, 2.45) is 0 Å². The van der Waals surface area contributed by atoms with E-state index in [1.165, 1.54) is 122 Å². The maximum atomic E-state index is 12.9. The standard InChI is InChI=1S/C75H122O6/c1-4-7-10-13-16-19-22-24-26-28-30-31-32-33-34-35-36-37-38-39-40-41-42-43-45-46-48-50-53-56-59-62-65-68-74(77)80-71-72(70-79-73(76)67-64-61-58-55-52-21-18-15-12-9-6-3)81-75(78)69-66-63-60-57-54-51-49-47-44-29-27-25-23-20-17-14-11-8-5-2/h7-8,10-11,15-20,24-27,30-31,33-34,44,47,51,54,60,63,72H,4-6,9,12-14,21-23,28-29,32,35-43,45-46,48-50,52-53,55-59,61-62,64-71H2,1-3H3/b10-7-,11-8-,18-15-,19-16-,20-17-,26-24-,27-25-,31-30-,34-33-,47-44-,54-51-,63-60-. The van der Waals surface area contributed by atoms with Gasteiger partial charge in [0.15, 0.2) is 6.10 Å². The van der Waals surface area contributed by atoms with Gasteiger partial charge in [0.05, 0.1) is 0 Å². The molecule has 0 spiro atoms. The predicted octanol–water partition coefficient (Wildman–Crippen LogP) is 23.1. The third kappa shape index (κ3) is 66.0. The highest BCUT2D eigenvalue weighted by Crippen LogP contribution is 2.16. The van der Waals surface area contributed by atoms with Crippen molar-refractivity contribution in [1.82, 2.24) is 0 Å². The van der Waals surface area contributed by atoms with Gasteiger partial charge in [-0.25, -0.2) is 0 Å². The Balaban J connectivity index is 4.25. The summed E-state index contributed by atoms with van der Waals surface area (Å²) in [6.45, 7) is 6.31. The fourth-order valence-corrected chi connectivity index (χ4v) is 8.89. The third-order valence-electron chi connectivity index (χ3n) is 13.8. The van der Waals surface area contributed by atoms with Crippen LogP contribution in [0.5, 0.6) is 0 Å². The van der Waals surface area contributed by atoms with Gasteiger partial charge >= 0.3 is 17.9 Å². The maximum absolute atomic E-state index is 12.9. The van der Waals surface area contributed by atoms with E-state index in [9.17, 15) is 14.4 Å². The molecule has 0 aliphatic rings. The first kappa shape index (κ1) is 76.3. The second-order valence-corrected chi connectivity index (χ2v) is 21.6. The molecule has 0 saturated carbocycles. The summed E-state index contributed by atoms with van der Waals surface area (Å²) in [4.78, 5) is 38.2. The molecule has 0 aromatic rings. The zero-order valence-electron chi connectivity index (χ0n) is 52.5. The Hall–Kier alpha value is -4.71. The Morgan fingerprint density at radius 3 is 0.815 bits per heavy atom. The van der Waals surface area contributed by atoms with E-state index in [-0.39, 0.29) is 31.6 Å². The summed E-state index contributed by atoms with van der Waals surface area (Å²) in [5.41, 5.74) is 0. The highest BCUT2D eigenvalue weighted by molar-refractivity contribution is 5.71. The van der Waals surface area contributed by atoms with Crippen LogP contribution in [-0.4, -0.2) is 37.2 Å². The number of allylic oxidation sites excluding steroid dienone is 24. The van der Waals surface area contributed by atoms with E-state index in [0.717, 1.165) is 122 Å².